The van der Waals surface area contributed by atoms with Crippen LogP contribution in [0.3, 0.4) is 0 Å². The van der Waals surface area contributed by atoms with Crippen molar-refractivity contribution in [3.8, 4) is 0 Å². The second-order valence-corrected chi connectivity index (χ2v) is 7.72. The van der Waals surface area contributed by atoms with Gasteiger partial charge in [0.1, 0.15) is 0 Å². The van der Waals surface area contributed by atoms with Crippen molar-refractivity contribution in [3.63, 3.8) is 0 Å². The van der Waals surface area contributed by atoms with E-state index in [1.54, 1.807) is 48.5 Å². The standard InChI is InChI=1S/C23H15BrN2O5/c24-15-4-1-13(2-5-15)20(27)12-31-23(30)14-3-10-18-19(11-14)22(29)26(21(18)28)17-8-6-16(25)7-9-17/h1-11H,12,25H2. The predicted molar refractivity (Wildman–Crippen MR) is 117 cm³/mol. The summed E-state index contributed by atoms with van der Waals surface area (Å²) in [7, 11) is 0. The normalized spacial score (nSPS) is 12.6. The molecular weight excluding hydrogens is 464 g/mol. The van der Waals surface area contributed by atoms with E-state index >= 15 is 0 Å². The van der Waals surface area contributed by atoms with Crippen LogP contribution in [0.15, 0.2) is 71.2 Å². The number of amides is 2. The van der Waals surface area contributed by atoms with E-state index in [1.165, 1.54) is 18.2 Å². The molecule has 31 heavy (non-hydrogen) atoms. The number of anilines is 2. The van der Waals surface area contributed by atoms with Gasteiger partial charge in [-0.3, -0.25) is 14.4 Å². The first-order valence-corrected chi connectivity index (χ1v) is 9.99. The molecule has 0 bridgehead atoms. The summed E-state index contributed by atoms with van der Waals surface area (Å²) < 4.78 is 5.92. The SMILES string of the molecule is Nc1ccc(N2C(=O)c3ccc(C(=O)OCC(=O)c4ccc(Br)cc4)cc3C2=O)cc1. The largest absolute Gasteiger partial charge is 0.454 e. The molecule has 3 aromatic carbocycles. The van der Waals surface area contributed by atoms with Gasteiger partial charge >= 0.3 is 5.97 Å². The van der Waals surface area contributed by atoms with Crippen LogP contribution < -0.4 is 10.6 Å². The number of nitrogen functional groups attached to an aromatic ring is 1. The molecule has 0 saturated heterocycles. The molecule has 2 amide bonds. The maximum Gasteiger partial charge on any atom is 0.338 e. The van der Waals surface area contributed by atoms with Gasteiger partial charge in [0.25, 0.3) is 11.8 Å². The smallest absolute Gasteiger partial charge is 0.338 e. The van der Waals surface area contributed by atoms with E-state index in [4.69, 9.17) is 10.5 Å². The molecule has 0 aliphatic carbocycles. The maximum atomic E-state index is 12.8. The average molecular weight is 479 g/mol. The average Bonchev–Trinajstić information content (AvgIpc) is 3.02. The summed E-state index contributed by atoms with van der Waals surface area (Å²) >= 11 is 3.29. The van der Waals surface area contributed by atoms with Gasteiger partial charge in [-0.1, -0.05) is 28.1 Å². The highest BCUT2D eigenvalue weighted by Gasteiger charge is 2.37. The van der Waals surface area contributed by atoms with Crippen LogP contribution in [0.5, 0.6) is 0 Å². The van der Waals surface area contributed by atoms with Crippen LogP contribution in [-0.4, -0.2) is 30.2 Å². The Balaban J connectivity index is 1.50. The van der Waals surface area contributed by atoms with Gasteiger partial charge in [0.15, 0.2) is 12.4 Å². The number of nitrogens with zero attached hydrogens (tertiary/aromatic N) is 1. The Morgan fingerprint density at radius 1 is 0.839 bits per heavy atom. The number of ether oxygens (including phenoxy) is 1. The first-order valence-electron chi connectivity index (χ1n) is 9.19. The third-order valence-electron chi connectivity index (χ3n) is 4.77. The minimum atomic E-state index is -0.764. The molecule has 0 aromatic heterocycles. The van der Waals surface area contributed by atoms with E-state index < -0.39 is 24.4 Å². The second kappa shape index (κ2) is 8.16. The number of carbonyl (C=O) groups excluding carboxylic acids is 4. The van der Waals surface area contributed by atoms with E-state index in [0.717, 1.165) is 9.37 Å². The first-order chi connectivity index (χ1) is 14.8. The van der Waals surface area contributed by atoms with Crippen molar-refractivity contribution < 1.29 is 23.9 Å². The molecule has 154 valence electrons. The number of halogens is 1. The summed E-state index contributed by atoms with van der Waals surface area (Å²) in [6.07, 6.45) is 0. The lowest BCUT2D eigenvalue weighted by Crippen LogP contribution is -2.29. The minimum absolute atomic E-state index is 0.0719. The van der Waals surface area contributed by atoms with Gasteiger partial charge in [0, 0.05) is 15.7 Å². The van der Waals surface area contributed by atoms with E-state index in [1.807, 2.05) is 0 Å². The molecule has 1 heterocycles. The lowest BCUT2D eigenvalue weighted by Gasteiger charge is -2.13. The van der Waals surface area contributed by atoms with Crippen LogP contribution in [0.1, 0.15) is 41.4 Å². The van der Waals surface area contributed by atoms with Crippen molar-refractivity contribution in [2.24, 2.45) is 0 Å². The van der Waals surface area contributed by atoms with E-state index in [-0.39, 0.29) is 22.5 Å². The van der Waals surface area contributed by atoms with Gasteiger partial charge in [-0.15, -0.1) is 0 Å². The van der Waals surface area contributed by atoms with Crippen molar-refractivity contribution in [2.45, 2.75) is 0 Å². The van der Waals surface area contributed by atoms with E-state index in [2.05, 4.69) is 15.9 Å². The molecule has 4 rings (SSSR count). The van der Waals surface area contributed by atoms with Gasteiger partial charge in [-0.05, 0) is 54.6 Å². The quantitative estimate of drug-likeness (QED) is 0.258. The summed E-state index contributed by atoms with van der Waals surface area (Å²) in [6, 6.07) is 17.1. The summed E-state index contributed by atoms with van der Waals surface area (Å²) in [6.45, 7) is -0.442. The molecule has 0 atom stereocenters. The zero-order valence-corrected chi connectivity index (χ0v) is 17.6. The highest BCUT2D eigenvalue weighted by atomic mass is 79.9. The van der Waals surface area contributed by atoms with Crippen LogP contribution in [-0.2, 0) is 4.74 Å². The molecule has 0 unspecified atom stereocenters. The predicted octanol–water partition coefficient (Wildman–Crippen LogP) is 3.87. The van der Waals surface area contributed by atoms with Crippen molar-refractivity contribution in [1.82, 2.24) is 0 Å². The number of nitrogens with two attached hydrogens (primary N) is 1. The number of imide groups is 1. The molecule has 7 nitrogen and oxygen atoms in total. The Morgan fingerprint density at radius 2 is 1.45 bits per heavy atom. The Bertz CT molecular complexity index is 1220. The first kappa shape index (κ1) is 20.5. The van der Waals surface area contributed by atoms with Crippen molar-refractivity contribution >= 4 is 50.9 Å². The summed E-state index contributed by atoms with van der Waals surface area (Å²) in [5.41, 5.74) is 7.30. The van der Waals surface area contributed by atoms with Crippen LogP contribution >= 0.6 is 15.9 Å². The number of hydrogen-bond acceptors (Lipinski definition) is 6. The fraction of sp³-hybridized carbons (Fsp3) is 0.0435. The monoisotopic (exact) mass is 478 g/mol. The molecule has 0 spiro atoms. The lowest BCUT2D eigenvalue weighted by molar-refractivity contribution is 0.0474. The fourth-order valence-corrected chi connectivity index (χ4v) is 3.42. The topological polar surface area (TPSA) is 107 Å². The fourth-order valence-electron chi connectivity index (χ4n) is 3.16. The lowest BCUT2D eigenvalue weighted by atomic mass is 10.1. The van der Waals surface area contributed by atoms with Gasteiger partial charge < -0.3 is 10.5 Å². The van der Waals surface area contributed by atoms with E-state index in [0.29, 0.717) is 16.9 Å². The third kappa shape index (κ3) is 3.97. The Morgan fingerprint density at radius 3 is 2.13 bits per heavy atom. The summed E-state index contributed by atoms with van der Waals surface area (Å²) in [4.78, 5) is 51.1. The number of benzene rings is 3. The molecule has 1 aliphatic heterocycles. The summed E-state index contributed by atoms with van der Waals surface area (Å²) in [5.74, 6) is -2.16. The zero-order valence-electron chi connectivity index (χ0n) is 16.0. The zero-order chi connectivity index (χ0) is 22.1. The highest BCUT2D eigenvalue weighted by molar-refractivity contribution is 9.10. The number of rotatable bonds is 5. The van der Waals surface area contributed by atoms with Crippen LogP contribution in [0.25, 0.3) is 0 Å². The van der Waals surface area contributed by atoms with Crippen molar-refractivity contribution in [3.05, 3.63) is 93.5 Å². The molecule has 2 N–H and O–H groups in total. The van der Waals surface area contributed by atoms with Gasteiger partial charge in [0.2, 0.25) is 0 Å². The molecule has 0 radical (unpaired) electrons. The minimum Gasteiger partial charge on any atom is -0.454 e. The molecule has 1 aliphatic rings. The van der Waals surface area contributed by atoms with Crippen molar-refractivity contribution in [2.75, 3.05) is 17.2 Å². The van der Waals surface area contributed by atoms with Gasteiger partial charge in [-0.2, -0.15) is 0 Å². The number of esters is 1. The van der Waals surface area contributed by atoms with E-state index in [9.17, 15) is 19.2 Å². The van der Waals surface area contributed by atoms with Crippen LogP contribution in [0.2, 0.25) is 0 Å². The number of Topliss-reactive ketones (excluding diaryl/α,β-unsaturated/α-hetero) is 1. The maximum absolute atomic E-state index is 12.8. The van der Waals surface area contributed by atoms with Gasteiger partial charge in [0.05, 0.1) is 22.4 Å². The molecule has 0 fully saturated rings. The van der Waals surface area contributed by atoms with Crippen LogP contribution in [0, 0.1) is 0 Å². The summed E-state index contributed by atoms with van der Waals surface area (Å²) in [5, 5.41) is 0. The molecule has 0 saturated carbocycles. The number of hydrogen-bond donors (Lipinski definition) is 1. The third-order valence-corrected chi connectivity index (χ3v) is 5.30. The molecule has 3 aromatic rings. The second-order valence-electron chi connectivity index (χ2n) is 6.80. The number of carbonyl (C=O) groups is 4. The number of fused-ring (bicyclic) bond motifs is 1. The highest BCUT2D eigenvalue weighted by Crippen LogP contribution is 2.29. The molecular formula is C23H15BrN2O5. The van der Waals surface area contributed by atoms with Crippen LogP contribution in [0.4, 0.5) is 11.4 Å². The Kier molecular flexibility index (Phi) is 5.39. The van der Waals surface area contributed by atoms with Gasteiger partial charge in [-0.25, -0.2) is 9.69 Å². The van der Waals surface area contributed by atoms with Crippen molar-refractivity contribution in [1.29, 1.82) is 0 Å². The number of ketones is 1. The Labute approximate surface area is 185 Å². The molecule has 8 heteroatoms. The Hall–Kier alpha value is -3.78.